The standard InChI is InChI=1S/C8H4F11NO/c1-21-3(9)2-20-7(16,17)5(12,13)4(10,11)6(14,15)8(20,18)19/h2H,1H3. The van der Waals surface area contributed by atoms with Crippen LogP contribution in [-0.2, 0) is 4.74 Å². The Kier molecular flexibility index (Phi) is 3.60. The molecule has 0 aromatic heterocycles. The van der Waals surface area contributed by atoms with Gasteiger partial charge in [-0.2, -0.15) is 48.3 Å². The van der Waals surface area contributed by atoms with Crippen LogP contribution in [0.25, 0.3) is 0 Å². The first-order valence-corrected chi connectivity index (χ1v) is 4.69. The molecule has 0 aromatic carbocycles. The van der Waals surface area contributed by atoms with Crippen LogP contribution in [0.3, 0.4) is 0 Å². The van der Waals surface area contributed by atoms with Crippen molar-refractivity contribution in [3.8, 4) is 0 Å². The predicted octanol–water partition coefficient (Wildman–Crippen LogP) is 3.81. The summed E-state index contributed by atoms with van der Waals surface area (Å²) in [5.41, 5.74) is 0. The van der Waals surface area contributed by atoms with Crippen LogP contribution in [0.2, 0.25) is 0 Å². The molecule has 13 heteroatoms. The molecule has 1 aliphatic heterocycles. The highest BCUT2D eigenvalue weighted by molar-refractivity contribution is 5.16. The maximum atomic E-state index is 13.1. The third-order valence-electron chi connectivity index (χ3n) is 2.57. The lowest BCUT2D eigenvalue weighted by molar-refractivity contribution is -0.497. The highest BCUT2D eigenvalue weighted by Gasteiger charge is 2.94. The number of halogens is 11. The summed E-state index contributed by atoms with van der Waals surface area (Å²) in [6.45, 7) is 0. The highest BCUT2D eigenvalue weighted by atomic mass is 19.4. The lowest BCUT2D eigenvalue weighted by Crippen LogP contribution is -2.80. The number of piperidine rings is 1. The zero-order valence-electron chi connectivity index (χ0n) is 9.59. The van der Waals surface area contributed by atoms with Crippen molar-refractivity contribution in [2.45, 2.75) is 29.9 Å². The van der Waals surface area contributed by atoms with Crippen molar-refractivity contribution in [1.29, 1.82) is 0 Å². The van der Waals surface area contributed by atoms with E-state index in [-0.39, 0.29) is 0 Å². The third-order valence-corrected chi connectivity index (χ3v) is 2.57. The van der Waals surface area contributed by atoms with Gasteiger partial charge in [0.2, 0.25) is 0 Å². The van der Waals surface area contributed by atoms with Crippen molar-refractivity contribution in [2.75, 3.05) is 7.11 Å². The minimum Gasteiger partial charge on any atom is -0.473 e. The molecule has 1 fully saturated rings. The molecule has 0 aromatic rings. The molecule has 1 saturated heterocycles. The fraction of sp³-hybridized carbons (Fsp3) is 0.750. The molecule has 1 rings (SSSR count). The average molecular weight is 339 g/mol. The molecule has 0 amide bonds. The van der Waals surface area contributed by atoms with Gasteiger partial charge in [-0.25, -0.2) is 4.90 Å². The normalized spacial score (nSPS) is 29.1. The SMILES string of the molecule is COC(F)=CN1C(F)(F)C(F)(F)C(F)(F)C(F)(F)C1(F)F. The summed E-state index contributed by atoms with van der Waals surface area (Å²) in [7, 11) is 0.358. The van der Waals surface area contributed by atoms with E-state index in [9.17, 15) is 48.3 Å². The van der Waals surface area contributed by atoms with Crippen LogP contribution in [0, 0.1) is 0 Å². The van der Waals surface area contributed by atoms with E-state index in [1.54, 1.807) is 0 Å². The Balaban J connectivity index is 3.66. The molecule has 0 saturated carbocycles. The van der Waals surface area contributed by atoms with Gasteiger partial charge in [0.25, 0.3) is 6.01 Å². The first-order chi connectivity index (χ1) is 9.09. The molecule has 0 atom stereocenters. The molecule has 0 aliphatic carbocycles. The Hall–Kier alpha value is -1.43. The molecule has 2 nitrogen and oxygen atoms in total. The molecule has 21 heavy (non-hydrogen) atoms. The third kappa shape index (κ3) is 1.84. The summed E-state index contributed by atoms with van der Waals surface area (Å²) in [5.74, 6) is -20.9. The molecule has 0 spiro atoms. The molecule has 0 bridgehead atoms. The van der Waals surface area contributed by atoms with Crippen molar-refractivity contribution >= 4 is 0 Å². The zero-order chi connectivity index (χ0) is 17.1. The van der Waals surface area contributed by atoms with E-state index in [1.165, 1.54) is 0 Å². The van der Waals surface area contributed by atoms with Crippen molar-refractivity contribution in [1.82, 2.24) is 4.90 Å². The predicted molar refractivity (Wildman–Crippen MR) is 42.8 cm³/mol. The Labute approximate surface area is 108 Å². The first-order valence-electron chi connectivity index (χ1n) is 4.69. The average Bonchev–Trinajstić information content (AvgIpc) is 2.32. The fourth-order valence-corrected chi connectivity index (χ4v) is 1.37. The van der Waals surface area contributed by atoms with Gasteiger partial charge in [0.15, 0.2) is 0 Å². The molecule has 0 unspecified atom stereocenters. The minimum absolute atomic E-state index is 0.358. The summed E-state index contributed by atoms with van der Waals surface area (Å²) in [5, 5.41) is 0. The fourth-order valence-electron chi connectivity index (χ4n) is 1.37. The summed E-state index contributed by atoms with van der Waals surface area (Å²) in [6, 6.07) is -15.5. The Morgan fingerprint density at radius 2 is 1.10 bits per heavy atom. The molecular weight excluding hydrogens is 335 g/mol. The van der Waals surface area contributed by atoms with Crippen molar-refractivity contribution in [2.24, 2.45) is 0 Å². The Morgan fingerprint density at radius 1 is 0.762 bits per heavy atom. The number of nitrogens with zero attached hydrogens (tertiary/aromatic N) is 1. The molecule has 0 N–H and O–H groups in total. The number of likely N-dealkylation sites (tertiary alicyclic amines) is 1. The van der Waals surface area contributed by atoms with E-state index >= 15 is 0 Å². The second-order valence-electron chi connectivity index (χ2n) is 3.81. The van der Waals surface area contributed by atoms with Gasteiger partial charge in [-0.3, -0.25) is 0 Å². The van der Waals surface area contributed by atoms with E-state index in [2.05, 4.69) is 4.74 Å². The van der Waals surface area contributed by atoms with Crippen molar-refractivity contribution in [3.63, 3.8) is 0 Å². The smallest absolute Gasteiger partial charge is 0.399 e. The number of hydrogen-bond acceptors (Lipinski definition) is 2. The molecule has 124 valence electrons. The summed E-state index contributed by atoms with van der Waals surface area (Å²) < 4.78 is 145. The van der Waals surface area contributed by atoms with Gasteiger partial charge in [0, 0.05) is 0 Å². The van der Waals surface area contributed by atoms with Gasteiger partial charge >= 0.3 is 29.9 Å². The molecular formula is C8H4F11NO. The number of methoxy groups -OCH3 is 1. The zero-order valence-corrected chi connectivity index (χ0v) is 9.59. The summed E-state index contributed by atoms with van der Waals surface area (Å²) in [4.78, 5) is -2.49. The van der Waals surface area contributed by atoms with Crippen LogP contribution < -0.4 is 0 Å². The molecule has 1 heterocycles. The first kappa shape index (κ1) is 17.6. The van der Waals surface area contributed by atoms with Crippen LogP contribution in [-0.4, -0.2) is 41.9 Å². The number of ether oxygens (including phenoxy) is 1. The monoisotopic (exact) mass is 339 g/mol. The number of alkyl halides is 10. The van der Waals surface area contributed by atoms with Crippen LogP contribution in [0.1, 0.15) is 0 Å². The Morgan fingerprint density at radius 3 is 1.38 bits per heavy atom. The lowest BCUT2D eigenvalue weighted by atomic mass is 9.94. The lowest BCUT2D eigenvalue weighted by Gasteiger charge is -2.50. The van der Waals surface area contributed by atoms with E-state index in [4.69, 9.17) is 0 Å². The minimum atomic E-state index is -7.10. The van der Waals surface area contributed by atoms with E-state index in [0.29, 0.717) is 7.11 Å². The van der Waals surface area contributed by atoms with Crippen LogP contribution in [0.5, 0.6) is 0 Å². The molecule has 0 radical (unpaired) electrons. The van der Waals surface area contributed by atoms with Crippen LogP contribution >= 0.6 is 0 Å². The van der Waals surface area contributed by atoms with E-state index in [1.807, 2.05) is 0 Å². The number of rotatable bonds is 2. The van der Waals surface area contributed by atoms with E-state index < -0.39 is 47.0 Å². The summed E-state index contributed by atoms with van der Waals surface area (Å²) >= 11 is 0. The van der Waals surface area contributed by atoms with Crippen molar-refractivity contribution < 1.29 is 53.0 Å². The second kappa shape index (κ2) is 4.29. The van der Waals surface area contributed by atoms with Gasteiger partial charge < -0.3 is 4.74 Å². The van der Waals surface area contributed by atoms with Crippen molar-refractivity contribution in [3.05, 3.63) is 12.2 Å². The van der Waals surface area contributed by atoms with Gasteiger partial charge in [0.05, 0.1) is 13.3 Å². The number of hydrogen-bond donors (Lipinski definition) is 0. The highest BCUT2D eigenvalue weighted by Crippen LogP contribution is 2.64. The summed E-state index contributed by atoms with van der Waals surface area (Å²) in [6.07, 6.45) is -1.25. The topological polar surface area (TPSA) is 12.5 Å². The largest absolute Gasteiger partial charge is 0.473 e. The van der Waals surface area contributed by atoms with Gasteiger partial charge in [-0.15, -0.1) is 0 Å². The Bertz CT molecular complexity index is 427. The van der Waals surface area contributed by atoms with Gasteiger partial charge in [-0.1, -0.05) is 0 Å². The second-order valence-corrected chi connectivity index (χ2v) is 3.81. The van der Waals surface area contributed by atoms with Crippen LogP contribution in [0.4, 0.5) is 48.3 Å². The van der Waals surface area contributed by atoms with Gasteiger partial charge in [0.1, 0.15) is 0 Å². The van der Waals surface area contributed by atoms with Gasteiger partial charge in [-0.05, 0) is 0 Å². The van der Waals surface area contributed by atoms with Crippen LogP contribution in [0.15, 0.2) is 12.2 Å². The molecule has 1 aliphatic rings. The maximum absolute atomic E-state index is 13.1. The quantitative estimate of drug-likeness (QED) is 0.431. The van der Waals surface area contributed by atoms with E-state index in [0.717, 1.165) is 0 Å². The maximum Gasteiger partial charge on any atom is 0.399 e.